The molecule has 1 aromatic rings. The van der Waals surface area contributed by atoms with E-state index in [1.165, 1.54) is 6.20 Å². The maximum atomic E-state index is 8.01. The minimum absolute atomic E-state index is 0.519. The first-order valence-corrected chi connectivity index (χ1v) is 3.29. The van der Waals surface area contributed by atoms with Crippen molar-refractivity contribution in [2.45, 2.75) is 0 Å². The average molecular weight is 199 g/mol. The molecule has 0 N–H and O–H groups in total. The maximum absolute atomic E-state index is 8.01. The van der Waals surface area contributed by atoms with Crippen LogP contribution in [0.4, 0.5) is 5.69 Å². The second kappa shape index (κ2) is 3.20. The molecule has 4 nitrogen and oxygen atoms in total. The molecule has 0 atom stereocenters. The van der Waals surface area contributed by atoms with Crippen molar-refractivity contribution < 1.29 is 0 Å². The van der Waals surface area contributed by atoms with Gasteiger partial charge in [0.05, 0.1) is 5.69 Å². The minimum atomic E-state index is 0.519. The second-order valence-electron chi connectivity index (χ2n) is 1.53. The van der Waals surface area contributed by atoms with E-state index in [0.29, 0.717) is 5.69 Å². The van der Waals surface area contributed by atoms with Crippen molar-refractivity contribution in [2.24, 2.45) is 5.11 Å². The molecule has 0 fully saturated rings. The summed E-state index contributed by atoms with van der Waals surface area (Å²) >= 11 is 3.15. The van der Waals surface area contributed by atoms with Gasteiger partial charge in [-0.15, -0.1) is 0 Å². The van der Waals surface area contributed by atoms with E-state index in [2.05, 4.69) is 30.9 Å². The van der Waals surface area contributed by atoms with Crippen molar-refractivity contribution in [3.05, 3.63) is 33.4 Å². The SMILES string of the molecule is [N-]=[N+]=Nc1ccc(Br)nc1. The molecule has 1 aromatic heterocycles. The molecule has 0 unspecified atom stereocenters. The standard InChI is InChI=1S/C5H3BrN4/c6-5-2-1-4(3-8-5)9-10-7/h1-3H. The number of aromatic nitrogens is 1. The van der Waals surface area contributed by atoms with Crippen LogP contribution in [0.3, 0.4) is 0 Å². The molecule has 1 heterocycles. The zero-order chi connectivity index (χ0) is 7.40. The van der Waals surface area contributed by atoms with Crippen LogP contribution in [0.2, 0.25) is 0 Å². The fourth-order valence-electron chi connectivity index (χ4n) is 0.479. The normalized spacial score (nSPS) is 8.50. The van der Waals surface area contributed by atoms with Gasteiger partial charge in [0.15, 0.2) is 0 Å². The molecular formula is C5H3BrN4. The van der Waals surface area contributed by atoms with Gasteiger partial charge in [-0.25, -0.2) is 4.98 Å². The van der Waals surface area contributed by atoms with Crippen LogP contribution < -0.4 is 0 Å². The van der Waals surface area contributed by atoms with Crippen LogP contribution in [0, 0.1) is 0 Å². The Balaban J connectivity index is 3.00. The largest absolute Gasteiger partial charge is 0.249 e. The lowest BCUT2D eigenvalue weighted by Crippen LogP contribution is -1.70. The maximum Gasteiger partial charge on any atom is 0.106 e. The Bertz CT molecular complexity index is 261. The number of hydrogen-bond acceptors (Lipinski definition) is 2. The Hall–Kier alpha value is -1.06. The van der Waals surface area contributed by atoms with Gasteiger partial charge in [-0.05, 0) is 33.6 Å². The van der Waals surface area contributed by atoms with Crippen molar-refractivity contribution in [3.63, 3.8) is 0 Å². The number of halogens is 1. The summed E-state index contributed by atoms with van der Waals surface area (Å²) in [7, 11) is 0. The van der Waals surface area contributed by atoms with Crippen LogP contribution in [-0.4, -0.2) is 4.98 Å². The fourth-order valence-corrected chi connectivity index (χ4v) is 0.713. The molecule has 0 bridgehead atoms. The monoisotopic (exact) mass is 198 g/mol. The zero-order valence-electron chi connectivity index (χ0n) is 4.90. The zero-order valence-corrected chi connectivity index (χ0v) is 6.48. The van der Waals surface area contributed by atoms with Crippen molar-refractivity contribution in [1.29, 1.82) is 0 Å². The summed E-state index contributed by atoms with van der Waals surface area (Å²) in [6.07, 6.45) is 1.49. The van der Waals surface area contributed by atoms with E-state index >= 15 is 0 Å². The summed E-state index contributed by atoms with van der Waals surface area (Å²) in [5.74, 6) is 0. The van der Waals surface area contributed by atoms with E-state index in [1.807, 2.05) is 0 Å². The molecule has 5 heteroatoms. The lowest BCUT2D eigenvalue weighted by Gasteiger charge is -1.88. The molecule has 0 aliphatic carbocycles. The first-order chi connectivity index (χ1) is 4.83. The summed E-state index contributed by atoms with van der Waals surface area (Å²) in [5, 5.41) is 3.34. The van der Waals surface area contributed by atoms with Gasteiger partial charge in [0.25, 0.3) is 0 Å². The van der Waals surface area contributed by atoms with Crippen LogP contribution in [0.25, 0.3) is 10.4 Å². The smallest absolute Gasteiger partial charge is 0.106 e. The molecule has 0 radical (unpaired) electrons. The Morgan fingerprint density at radius 1 is 1.60 bits per heavy atom. The van der Waals surface area contributed by atoms with Gasteiger partial charge in [-0.1, -0.05) is 5.11 Å². The first-order valence-electron chi connectivity index (χ1n) is 2.49. The summed E-state index contributed by atoms with van der Waals surface area (Å²) in [6, 6.07) is 3.39. The predicted octanol–water partition coefficient (Wildman–Crippen LogP) is 2.79. The molecule has 0 saturated carbocycles. The molecule has 0 spiro atoms. The summed E-state index contributed by atoms with van der Waals surface area (Å²) < 4.78 is 0.726. The van der Waals surface area contributed by atoms with Crippen LogP contribution in [0.5, 0.6) is 0 Å². The lowest BCUT2D eigenvalue weighted by atomic mass is 10.4. The van der Waals surface area contributed by atoms with E-state index in [0.717, 1.165) is 4.60 Å². The average Bonchev–Trinajstić information content (AvgIpc) is 1.95. The third kappa shape index (κ3) is 1.72. The summed E-state index contributed by atoms with van der Waals surface area (Å²) in [4.78, 5) is 6.45. The molecule has 0 aliphatic heterocycles. The molecular weight excluding hydrogens is 196 g/mol. The van der Waals surface area contributed by atoms with E-state index < -0.39 is 0 Å². The van der Waals surface area contributed by atoms with Gasteiger partial charge < -0.3 is 0 Å². The van der Waals surface area contributed by atoms with Crippen LogP contribution in [0.15, 0.2) is 28.0 Å². The Kier molecular flexibility index (Phi) is 2.25. The van der Waals surface area contributed by atoms with E-state index in [9.17, 15) is 0 Å². The highest BCUT2D eigenvalue weighted by atomic mass is 79.9. The topological polar surface area (TPSA) is 61.7 Å². The number of nitrogens with zero attached hydrogens (tertiary/aromatic N) is 4. The third-order valence-electron chi connectivity index (χ3n) is 0.872. The second-order valence-corrected chi connectivity index (χ2v) is 2.34. The number of pyridine rings is 1. The Labute approximate surface area is 65.7 Å². The van der Waals surface area contributed by atoms with Crippen molar-refractivity contribution >= 4 is 21.6 Å². The first kappa shape index (κ1) is 7.05. The van der Waals surface area contributed by atoms with Crippen LogP contribution in [-0.2, 0) is 0 Å². The van der Waals surface area contributed by atoms with Crippen LogP contribution >= 0.6 is 15.9 Å². The summed E-state index contributed by atoms with van der Waals surface area (Å²) in [5.41, 5.74) is 8.53. The molecule has 1 rings (SSSR count). The predicted molar refractivity (Wildman–Crippen MR) is 40.7 cm³/mol. The van der Waals surface area contributed by atoms with Gasteiger partial charge in [0.1, 0.15) is 4.60 Å². The quantitative estimate of drug-likeness (QED) is 0.297. The number of hydrogen-bond donors (Lipinski definition) is 0. The molecule has 0 aliphatic rings. The molecule has 10 heavy (non-hydrogen) atoms. The van der Waals surface area contributed by atoms with E-state index in [1.54, 1.807) is 12.1 Å². The molecule has 0 saturated heterocycles. The van der Waals surface area contributed by atoms with Crippen molar-refractivity contribution in [2.75, 3.05) is 0 Å². The van der Waals surface area contributed by atoms with Gasteiger partial charge >= 0.3 is 0 Å². The summed E-state index contributed by atoms with van der Waals surface area (Å²) in [6.45, 7) is 0. The minimum Gasteiger partial charge on any atom is -0.249 e. The number of rotatable bonds is 1. The van der Waals surface area contributed by atoms with Gasteiger partial charge in [0, 0.05) is 11.1 Å². The molecule has 0 aromatic carbocycles. The van der Waals surface area contributed by atoms with Gasteiger partial charge in [0.2, 0.25) is 0 Å². The van der Waals surface area contributed by atoms with Gasteiger partial charge in [-0.2, -0.15) is 0 Å². The fraction of sp³-hybridized carbons (Fsp3) is 0. The Morgan fingerprint density at radius 3 is 2.90 bits per heavy atom. The third-order valence-corrected chi connectivity index (χ3v) is 1.34. The molecule has 0 amide bonds. The highest BCUT2D eigenvalue weighted by Crippen LogP contribution is 2.12. The van der Waals surface area contributed by atoms with Crippen LogP contribution in [0.1, 0.15) is 0 Å². The van der Waals surface area contributed by atoms with Crippen molar-refractivity contribution in [3.8, 4) is 0 Å². The lowest BCUT2D eigenvalue weighted by molar-refractivity contribution is 1.25. The highest BCUT2D eigenvalue weighted by Gasteiger charge is 1.87. The van der Waals surface area contributed by atoms with Gasteiger partial charge in [-0.3, -0.25) is 0 Å². The van der Waals surface area contributed by atoms with E-state index in [-0.39, 0.29) is 0 Å². The van der Waals surface area contributed by atoms with E-state index in [4.69, 9.17) is 5.53 Å². The highest BCUT2D eigenvalue weighted by molar-refractivity contribution is 9.10. The number of azide groups is 1. The van der Waals surface area contributed by atoms with Crippen molar-refractivity contribution in [1.82, 2.24) is 4.98 Å². The Morgan fingerprint density at radius 2 is 2.40 bits per heavy atom. The molecule has 50 valence electrons.